The molecule has 1 fully saturated rings. The highest BCUT2D eigenvalue weighted by Crippen LogP contribution is 2.21. The third-order valence-corrected chi connectivity index (χ3v) is 4.55. The molecule has 1 aliphatic heterocycles. The molecule has 2 rings (SSSR count). The van der Waals surface area contributed by atoms with Crippen molar-refractivity contribution in [3.8, 4) is 0 Å². The van der Waals surface area contributed by atoms with E-state index in [4.69, 9.17) is 5.14 Å². The van der Waals surface area contributed by atoms with Gasteiger partial charge in [-0.25, -0.2) is 22.3 Å². The van der Waals surface area contributed by atoms with Crippen LogP contribution < -0.4 is 15.4 Å². The van der Waals surface area contributed by atoms with Crippen LogP contribution in [0.3, 0.4) is 0 Å². The van der Waals surface area contributed by atoms with E-state index >= 15 is 0 Å². The zero-order valence-corrected chi connectivity index (χ0v) is 14.9. The van der Waals surface area contributed by atoms with E-state index in [-0.39, 0.29) is 18.0 Å². The Balaban J connectivity index is 2.00. The molecule has 1 aromatic rings. The second-order valence-corrected chi connectivity index (χ2v) is 7.41. The van der Waals surface area contributed by atoms with Gasteiger partial charge < -0.3 is 15.1 Å². The number of aliphatic imine (C=N–C) groups is 1. The molecular weight excluding hydrogens is 352 g/mol. The molecule has 1 aromatic carbocycles. The lowest BCUT2D eigenvalue weighted by atomic mass is 10.2. The lowest BCUT2D eigenvalue weighted by Crippen LogP contribution is -2.52. The first kappa shape index (κ1) is 19.4. The van der Waals surface area contributed by atoms with E-state index in [1.165, 1.54) is 6.07 Å². The molecule has 25 heavy (non-hydrogen) atoms. The first-order chi connectivity index (χ1) is 11.8. The van der Waals surface area contributed by atoms with Gasteiger partial charge in [0, 0.05) is 38.8 Å². The van der Waals surface area contributed by atoms with E-state index in [1.54, 1.807) is 4.90 Å². The van der Waals surface area contributed by atoms with Crippen molar-refractivity contribution in [1.29, 1.82) is 0 Å². The Morgan fingerprint density at radius 2 is 1.96 bits per heavy atom. The molecular formula is C15H23F2N5O2S. The summed E-state index contributed by atoms with van der Waals surface area (Å²) >= 11 is 0. The fourth-order valence-corrected chi connectivity index (χ4v) is 2.94. The van der Waals surface area contributed by atoms with Crippen molar-refractivity contribution in [2.45, 2.75) is 6.92 Å². The summed E-state index contributed by atoms with van der Waals surface area (Å²) < 4.78 is 49.2. The van der Waals surface area contributed by atoms with Crippen molar-refractivity contribution >= 4 is 21.7 Å². The van der Waals surface area contributed by atoms with Crippen molar-refractivity contribution in [1.82, 2.24) is 10.2 Å². The van der Waals surface area contributed by atoms with Crippen LogP contribution in [0.1, 0.15) is 6.92 Å². The molecule has 0 radical (unpaired) electrons. The molecule has 0 unspecified atom stereocenters. The molecule has 0 aromatic heterocycles. The van der Waals surface area contributed by atoms with E-state index in [2.05, 4.69) is 10.3 Å². The summed E-state index contributed by atoms with van der Waals surface area (Å²) in [4.78, 5) is 8.01. The molecule has 7 nitrogen and oxygen atoms in total. The zero-order valence-electron chi connectivity index (χ0n) is 14.1. The van der Waals surface area contributed by atoms with Crippen LogP contribution in [0.4, 0.5) is 14.5 Å². The van der Waals surface area contributed by atoms with Gasteiger partial charge >= 0.3 is 0 Å². The Labute approximate surface area is 146 Å². The fraction of sp³-hybridized carbons (Fsp3) is 0.533. The highest BCUT2D eigenvalue weighted by atomic mass is 32.2. The van der Waals surface area contributed by atoms with Crippen molar-refractivity contribution in [2.24, 2.45) is 10.1 Å². The van der Waals surface area contributed by atoms with E-state index in [1.807, 2.05) is 11.8 Å². The summed E-state index contributed by atoms with van der Waals surface area (Å²) in [6, 6.07) is 3.41. The van der Waals surface area contributed by atoms with Crippen LogP contribution in [0.25, 0.3) is 0 Å². The molecule has 0 amide bonds. The SMILES string of the molecule is CCNC(=NCCS(N)(=O)=O)N1CCN(c2cc(F)ccc2F)CC1. The molecule has 0 bridgehead atoms. The topological polar surface area (TPSA) is 91.0 Å². The third-order valence-electron chi connectivity index (χ3n) is 3.80. The number of rotatable bonds is 5. The number of primary sulfonamides is 1. The largest absolute Gasteiger partial charge is 0.366 e. The quantitative estimate of drug-likeness (QED) is 0.572. The van der Waals surface area contributed by atoms with Gasteiger partial charge in [-0.05, 0) is 19.1 Å². The fourth-order valence-electron chi connectivity index (χ4n) is 2.59. The van der Waals surface area contributed by atoms with Gasteiger partial charge in [-0.3, -0.25) is 4.99 Å². The van der Waals surface area contributed by atoms with E-state index in [0.717, 1.165) is 12.1 Å². The average Bonchev–Trinajstić information content (AvgIpc) is 2.55. The highest BCUT2D eigenvalue weighted by Gasteiger charge is 2.22. The van der Waals surface area contributed by atoms with Crippen LogP contribution in [0.5, 0.6) is 0 Å². The Kier molecular flexibility index (Phi) is 6.54. The molecule has 1 aliphatic rings. The van der Waals surface area contributed by atoms with Gasteiger partial charge in [0.15, 0.2) is 5.96 Å². The number of guanidine groups is 1. The van der Waals surface area contributed by atoms with Gasteiger partial charge in [-0.15, -0.1) is 0 Å². The number of sulfonamides is 1. The van der Waals surface area contributed by atoms with Crippen LogP contribution in [0.2, 0.25) is 0 Å². The Morgan fingerprint density at radius 3 is 2.56 bits per heavy atom. The van der Waals surface area contributed by atoms with Crippen molar-refractivity contribution < 1.29 is 17.2 Å². The molecule has 1 heterocycles. The maximum Gasteiger partial charge on any atom is 0.210 e. The smallest absolute Gasteiger partial charge is 0.210 e. The zero-order chi connectivity index (χ0) is 18.4. The summed E-state index contributed by atoms with van der Waals surface area (Å²) in [7, 11) is -3.56. The number of anilines is 1. The lowest BCUT2D eigenvalue weighted by molar-refractivity contribution is 0.371. The standard InChI is InChI=1S/C15H23F2N5O2S/c1-2-19-15(20-5-10-25(18,23)24)22-8-6-21(7-9-22)14-11-12(16)3-4-13(14)17/h3-4,11H,2,5-10H2,1H3,(H,19,20)(H2,18,23,24). The highest BCUT2D eigenvalue weighted by molar-refractivity contribution is 7.89. The summed E-state index contributed by atoms with van der Waals surface area (Å²) in [5.74, 6) is -0.568. The van der Waals surface area contributed by atoms with Crippen molar-refractivity contribution in [3.63, 3.8) is 0 Å². The van der Waals surface area contributed by atoms with E-state index < -0.39 is 21.7 Å². The molecule has 0 aliphatic carbocycles. The predicted molar refractivity (Wildman–Crippen MR) is 94.1 cm³/mol. The normalized spacial score (nSPS) is 16.2. The lowest BCUT2D eigenvalue weighted by Gasteiger charge is -2.37. The Morgan fingerprint density at radius 1 is 1.28 bits per heavy atom. The number of nitrogens with zero attached hydrogens (tertiary/aromatic N) is 3. The first-order valence-corrected chi connectivity index (χ1v) is 9.75. The average molecular weight is 375 g/mol. The number of piperazine rings is 1. The second kappa shape index (κ2) is 8.43. The number of hydrogen-bond acceptors (Lipinski definition) is 4. The van der Waals surface area contributed by atoms with Crippen molar-refractivity contribution in [2.75, 3.05) is 49.9 Å². The summed E-state index contributed by atoms with van der Waals surface area (Å²) in [5.41, 5.74) is 0.246. The van der Waals surface area contributed by atoms with Gasteiger partial charge in [-0.2, -0.15) is 0 Å². The number of hydrogen-bond donors (Lipinski definition) is 2. The molecule has 0 saturated carbocycles. The minimum atomic E-state index is -3.56. The van der Waals surface area contributed by atoms with Crippen LogP contribution in [-0.2, 0) is 10.0 Å². The summed E-state index contributed by atoms with van der Waals surface area (Å²) in [6.45, 7) is 4.72. The van der Waals surface area contributed by atoms with Crippen LogP contribution in [0.15, 0.2) is 23.2 Å². The van der Waals surface area contributed by atoms with E-state index in [0.29, 0.717) is 38.7 Å². The van der Waals surface area contributed by atoms with Crippen LogP contribution in [0, 0.1) is 11.6 Å². The van der Waals surface area contributed by atoms with Crippen molar-refractivity contribution in [3.05, 3.63) is 29.8 Å². The minimum absolute atomic E-state index is 0.0694. The summed E-state index contributed by atoms with van der Waals surface area (Å²) in [6.07, 6.45) is 0. The molecule has 140 valence electrons. The van der Waals surface area contributed by atoms with Gasteiger partial charge in [0.2, 0.25) is 10.0 Å². The first-order valence-electron chi connectivity index (χ1n) is 8.04. The number of nitrogens with one attached hydrogen (secondary N) is 1. The van der Waals surface area contributed by atoms with Gasteiger partial charge in [0.05, 0.1) is 18.0 Å². The maximum absolute atomic E-state index is 13.9. The molecule has 10 heteroatoms. The summed E-state index contributed by atoms with van der Waals surface area (Å²) in [5, 5.41) is 8.08. The molecule has 1 saturated heterocycles. The number of nitrogens with two attached hydrogens (primary N) is 1. The Bertz CT molecular complexity index is 719. The third kappa shape index (κ3) is 5.82. The van der Waals surface area contributed by atoms with E-state index in [9.17, 15) is 17.2 Å². The minimum Gasteiger partial charge on any atom is -0.366 e. The number of benzene rings is 1. The van der Waals surface area contributed by atoms with Gasteiger partial charge in [0.25, 0.3) is 0 Å². The van der Waals surface area contributed by atoms with Gasteiger partial charge in [-0.1, -0.05) is 0 Å². The predicted octanol–water partition coefficient (Wildman–Crippen LogP) is 0.341. The van der Waals surface area contributed by atoms with Crippen LogP contribution >= 0.6 is 0 Å². The second-order valence-electron chi connectivity index (χ2n) is 5.67. The molecule has 0 spiro atoms. The molecule has 3 N–H and O–H groups in total. The monoisotopic (exact) mass is 375 g/mol. The Hall–Kier alpha value is -1.94. The van der Waals surface area contributed by atoms with Gasteiger partial charge in [0.1, 0.15) is 11.6 Å². The van der Waals surface area contributed by atoms with Crippen LogP contribution in [-0.4, -0.2) is 64.3 Å². The molecule has 0 atom stereocenters. The number of halogens is 2. The maximum atomic E-state index is 13.9.